The van der Waals surface area contributed by atoms with Crippen molar-refractivity contribution >= 4 is 35.0 Å². The van der Waals surface area contributed by atoms with E-state index in [1.165, 1.54) is 0 Å². The highest BCUT2D eigenvalue weighted by atomic mass is 32.2. The van der Waals surface area contributed by atoms with Gasteiger partial charge in [0, 0.05) is 22.3 Å². The Kier molecular flexibility index (Phi) is 7.12. The lowest BCUT2D eigenvalue weighted by Gasteiger charge is -2.22. The van der Waals surface area contributed by atoms with Gasteiger partial charge in [0.25, 0.3) is 0 Å². The molecule has 4 rings (SSSR count). The fourth-order valence-electron chi connectivity index (χ4n) is 4.01. The van der Waals surface area contributed by atoms with E-state index in [1.54, 1.807) is 30.9 Å². The van der Waals surface area contributed by atoms with Crippen molar-refractivity contribution in [1.29, 1.82) is 0 Å². The van der Waals surface area contributed by atoms with Crippen molar-refractivity contribution in [3.05, 3.63) is 77.4 Å². The first-order chi connectivity index (χ1) is 16.4. The summed E-state index contributed by atoms with van der Waals surface area (Å²) < 4.78 is 10.8. The number of anilines is 2. The first-order valence-corrected chi connectivity index (χ1v) is 11.9. The van der Waals surface area contributed by atoms with Gasteiger partial charge in [-0.1, -0.05) is 30.3 Å². The summed E-state index contributed by atoms with van der Waals surface area (Å²) in [6.07, 6.45) is 0.256. The van der Waals surface area contributed by atoms with Crippen LogP contribution in [0.25, 0.3) is 0 Å². The Morgan fingerprint density at radius 2 is 1.79 bits per heavy atom. The molecular weight excluding hydrogens is 448 g/mol. The van der Waals surface area contributed by atoms with Crippen LogP contribution in [-0.2, 0) is 9.59 Å². The third kappa shape index (κ3) is 4.89. The van der Waals surface area contributed by atoms with Crippen molar-refractivity contribution in [3.63, 3.8) is 0 Å². The normalized spacial score (nSPS) is 15.4. The third-order valence-electron chi connectivity index (χ3n) is 6.05. The van der Waals surface area contributed by atoms with E-state index in [4.69, 9.17) is 9.47 Å². The minimum Gasteiger partial charge on any atom is -0.493 e. The number of carbonyl (C=O) groups is 2. The molecule has 6 nitrogen and oxygen atoms in total. The quantitative estimate of drug-likeness (QED) is 0.507. The summed E-state index contributed by atoms with van der Waals surface area (Å²) in [7, 11) is 3.19. The lowest BCUT2D eigenvalue weighted by molar-refractivity contribution is -0.121. The molecule has 0 spiro atoms. The van der Waals surface area contributed by atoms with Crippen LogP contribution in [0.4, 0.5) is 11.4 Å². The van der Waals surface area contributed by atoms with E-state index in [0.717, 1.165) is 33.0 Å². The van der Waals surface area contributed by atoms with Crippen LogP contribution in [-0.4, -0.2) is 32.6 Å². The number of para-hydroxylation sites is 1. The highest BCUT2D eigenvalue weighted by molar-refractivity contribution is 7.99. The number of thioether (sulfide) groups is 1. The number of nitrogens with one attached hydrogen (secondary N) is 1. The Hall–Kier alpha value is -3.45. The molecule has 3 aromatic rings. The minimum absolute atomic E-state index is 0.0531. The lowest BCUT2D eigenvalue weighted by atomic mass is 10.1. The van der Waals surface area contributed by atoms with Crippen molar-refractivity contribution in [3.8, 4) is 11.5 Å². The van der Waals surface area contributed by atoms with Crippen LogP contribution >= 0.6 is 11.8 Å². The molecule has 34 heavy (non-hydrogen) atoms. The average Bonchev–Trinajstić information content (AvgIpc) is 2.98. The van der Waals surface area contributed by atoms with Gasteiger partial charge < -0.3 is 19.7 Å². The number of ether oxygens (including phenoxy) is 2. The van der Waals surface area contributed by atoms with E-state index >= 15 is 0 Å². The van der Waals surface area contributed by atoms with E-state index in [0.29, 0.717) is 11.5 Å². The highest BCUT2D eigenvalue weighted by Gasteiger charge is 2.31. The summed E-state index contributed by atoms with van der Waals surface area (Å²) in [5.41, 5.74) is 4.59. The van der Waals surface area contributed by atoms with E-state index in [2.05, 4.69) is 5.32 Å². The molecule has 1 aliphatic rings. The van der Waals surface area contributed by atoms with Gasteiger partial charge in [-0.3, -0.25) is 9.59 Å². The van der Waals surface area contributed by atoms with Crippen LogP contribution in [0.5, 0.6) is 11.5 Å². The number of methoxy groups -OCH3 is 2. The molecular formula is C27H28N2O4S. The van der Waals surface area contributed by atoms with Gasteiger partial charge in [0.15, 0.2) is 11.5 Å². The second-order valence-corrected chi connectivity index (χ2v) is 9.41. The standard InChI is InChI=1S/C27H28N2O4S/c1-17-8-7-9-20(18(17)2)28-26(30)16-29-21-10-5-6-11-24(21)34-25(15-27(29)31)19-12-13-22(32-3)23(14-19)33-4/h5-14,25H,15-16H2,1-4H3,(H,28,30)/t25-/m0/s1. The maximum Gasteiger partial charge on any atom is 0.244 e. The van der Waals surface area contributed by atoms with Crippen LogP contribution in [0.3, 0.4) is 0 Å². The SMILES string of the molecule is COc1ccc([C@@H]2CC(=O)N(CC(=O)Nc3cccc(C)c3C)c3ccccc3S2)cc1OC. The van der Waals surface area contributed by atoms with E-state index < -0.39 is 0 Å². The molecule has 0 aromatic heterocycles. The number of aryl methyl sites for hydroxylation is 1. The molecule has 1 N–H and O–H groups in total. The molecule has 7 heteroatoms. The predicted molar refractivity (Wildman–Crippen MR) is 136 cm³/mol. The molecule has 0 aliphatic carbocycles. The Morgan fingerprint density at radius 3 is 2.56 bits per heavy atom. The van der Waals surface area contributed by atoms with E-state index in [9.17, 15) is 9.59 Å². The second-order valence-electron chi connectivity index (χ2n) is 8.17. The van der Waals surface area contributed by atoms with Gasteiger partial charge >= 0.3 is 0 Å². The molecule has 0 unspecified atom stereocenters. The molecule has 0 bridgehead atoms. The topological polar surface area (TPSA) is 67.9 Å². The summed E-state index contributed by atoms with van der Waals surface area (Å²) in [4.78, 5) is 28.9. The molecule has 1 aliphatic heterocycles. The number of benzene rings is 3. The summed E-state index contributed by atoms with van der Waals surface area (Å²) in [5, 5.41) is 2.85. The monoisotopic (exact) mass is 476 g/mol. The Labute approximate surface area is 204 Å². The Bertz CT molecular complexity index is 1230. The fourth-order valence-corrected chi connectivity index (χ4v) is 5.28. The maximum absolute atomic E-state index is 13.4. The zero-order valence-corrected chi connectivity index (χ0v) is 20.6. The first-order valence-electron chi connectivity index (χ1n) is 11.0. The van der Waals surface area contributed by atoms with Crippen LogP contribution in [0.2, 0.25) is 0 Å². The van der Waals surface area contributed by atoms with Gasteiger partial charge in [0.2, 0.25) is 11.8 Å². The van der Waals surface area contributed by atoms with Crippen molar-refractivity contribution in [1.82, 2.24) is 0 Å². The van der Waals surface area contributed by atoms with Crippen molar-refractivity contribution in [2.75, 3.05) is 31.0 Å². The number of nitrogens with zero attached hydrogens (tertiary/aromatic N) is 1. The minimum atomic E-state index is -0.230. The number of rotatable bonds is 6. The van der Waals surface area contributed by atoms with Gasteiger partial charge in [0.1, 0.15) is 6.54 Å². The number of fused-ring (bicyclic) bond motifs is 1. The molecule has 0 fully saturated rings. The molecule has 0 saturated heterocycles. The fraction of sp³-hybridized carbons (Fsp3) is 0.259. The van der Waals surface area contributed by atoms with Crippen molar-refractivity contribution in [2.24, 2.45) is 0 Å². The highest BCUT2D eigenvalue weighted by Crippen LogP contribution is 2.46. The molecule has 3 aromatic carbocycles. The first kappa shape index (κ1) is 23.7. The summed E-state index contributed by atoms with van der Waals surface area (Å²) in [6, 6.07) is 19.2. The summed E-state index contributed by atoms with van der Waals surface area (Å²) in [5.74, 6) is 0.927. The number of hydrogen-bond acceptors (Lipinski definition) is 5. The van der Waals surface area contributed by atoms with Crippen LogP contribution in [0, 0.1) is 13.8 Å². The maximum atomic E-state index is 13.4. The van der Waals surface area contributed by atoms with Crippen LogP contribution in [0.1, 0.15) is 28.4 Å². The Morgan fingerprint density at radius 1 is 1.03 bits per heavy atom. The van der Waals surface area contributed by atoms with Crippen molar-refractivity contribution < 1.29 is 19.1 Å². The second kappa shape index (κ2) is 10.2. The molecule has 0 radical (unpaired) electrons. The molecule has 0 saturated carbocycles. The molecule has 176 valence electrons. The average molecular weight is 477 g/mol. The molecule has 1 atom stereocenters. The zero-order valence-electron chi connectivity index (χ0n) is 19.8. The predicted octanol–water partition coefficient (Wildman–Crippen LogP) is 5.53. The zero-order chi connectivity index (χ0) is 24.2. The number of hydrogen-bond donors (Lipinski definition) is 1. The molecule has 1 heterocycles. The largest absolute Gasteiger partial charge is 0.493 e. The third-order valence-corrected chi connectivity index (χ3v) is 7.37. The van der Waals surface area contributed by atoms with E-state index in [1.807, 2.05) is 74.5 Å². The van der Waals surface area contributed by atoms with Crippen LogP contribution in [0.15, 0.2) is 65.6 Å². The van der Waals surface area contributed by atoms with E-state index in [-0.39, 0.29) is 30.0 Å². The van der Waals surface area contributed by atoms with Gasteiger partial charge in [-0.2, -0.15) is 0 Å². The number of amides is 2. The summed E-state index contributed by atoms with van der Waals surface area (Å²) in [6.45, 7) is 3.93. The molecule has 2 amide bonds. The van der Waals surface area contributed by atoms with Crippen molar-refractivity contribution in [2.45, 2.75) is 30.4 Å². The smallest absolute Gasteiger partial charge is 0.244 e. The van der Waals surface area contributed by atoms with Crippen LogP contribution < -0.4 is 19.7 Å². The van der Waals surface area contributed by atoms with Gasteiger partial charge in [-0.15, -0.1) is 11.8 Å². The summed E-state index contributed by atoms with van der Waals surface area (Å²) >= 11 is 1.62. The Balaban J connectivity index is 1.60. The lowest BCUT2D eigenvalue weighted by Crippen LogP contribution is -2.38. The number of carbonyl (C=O) groups excluding carboxylic acids is 2. The van der Waals surface area contributed by atoms with Gasteiger partial charge in [-0.25, -0.2) is 0 Å². The van der Waals surface area contributed by atoms with Gasteiger partial charge in [-0.05, 0) is 60.9 Å². The van der Waals surface area contributed by atoms with Gasteiger partial charge in [0.05, 0.1) is 19.9 Å².